The van der Waals surface area contributed by atoms with Crippen LogP contribution in [0.4, 0.5) is 10.1 Å². The Morgan fingerprint density at radius 2 is 2.00 bits per heavy atom. The first-order valence-corrected chi connectivity index (χ1v) is 6.75. The Bertz CT molecular complexity index is 764. The first-order valence-electron chi connectivity index (χ1n) is 6.37. The predicted molar refractivity (Wildman–Crippen MR) is 81.7 cm³/mol. The maximum Gasteiger partial charge on any atom is 0.146 e. The molecule has 0 aliphatic heterocycles. The van der Waals surface area contributed by atoms with Crippen LogP contribution < -0.4 is 5.32 Å². The van der Waals surface area contributed by atoms with E-state index in [0.717, 1.165) is 11.1 Å². The molecular weight excluding hydrogens is 275 g/mol. The zero-order chi connectivity index (χ0) is 14.1. The van der Waals surface area contributed by atoms with Crippen LogP contribution >= 0.6 is 11.6 Å². The van der Waals surface area contributed by atoms with E-state index in [2.05, 4.69) is 28.2 Å². The van der Waals surface area contributed by atoms with Crippen molar-refractivity contribution in [3.05, 3.63) is 65.1 Å². The van der Waals surface area contributed by atoms with Crippen molar-refractivity contribution in [2.75, 3.05) is 5.32 Å². The standard InChI is InChI=1S/C16H14ClFN2/c1-20-10-11(13-4-2-3-5-16(13)20)9-19-15-8-12(17)6-7-14(15)18/h2-8,10,19H,9H2,1H3. The molecule has 2 nitrogen and oxygen atoms in total. The number of nitrogens with zero attached hydrogens (tertiary/aromatic N) is 1. The molecule has 0 atom stereocenters. The van der Waals surface area contributed by atoms with Crippen molar-refractivity contribution in [3.63, 3.8) is 0 Å². The Kier molecular flexibility index (Phi) is 3.36. The molecule has 3 aromatic rings. The number of aromatic nitrogens is 1. The summed E-state index contributed by atoms with van der Waals surface area (Å²) in [6, 6.07) is 12.7. The number of benzene rings is 2. The van der Waals surface area contributed by atoms with Crippen LogP contribution in [-0.2, 0) is 13.6 Å². The molecule has 0 fully saturated rings. The summed E-state index contributed by atoms with van der Waals surface area (Å²) >= 11 is 5.89. The lowest BCUT2D eigenvalue weighted by atomic mass is 10.1. The lowest BCUT2D eigenvalue weighted by Crippen LogP contribution is -2.01. The molecule has 0 amide bonds. The third-order valence-corrected chi connectivity index (χ3v) is 3.61. The number of hydrogen-bond acceptors (Lipinski definition) is 1. The molecule has 1 heterocycles. The third kappa shape index (κ3) is 2.37. The van der Waals surface area contributed by atoms with Gasteiger partial charge in [0.15, 0.2) is 0 Å². The highest BCUT2D eigenvalue weighted by Gasteiger charge is 2.07. The smallest absolute Gasteiger partial charge is 0.146 e. The average Bonchev–Trinajstić information content (AvgIpc) is 2.77. The van der Waals surface area contributed by atoms with Gasteiger partial charge < -0.3 is 9.88 Å². The van der Waals surface area contributed by atoms with Crippen molar-refractivity contribution < 1.29 is 4.39 Å². The summed E-state index contributed by atoms with van der Waals surface area (Å²) in [5.74, 6) is -0.297. The van der Waals surface area contributed by atoms with Crippen molar-refractivity contribution in [3.8, 4) is 0 Å². The predicted octanol–water partition coefficient (Wildman–Crippen LogP) is 4.58. The molecule has 102 valence electrons. The van der Waals surface area contributed by atoms with Gasteiger partial charge in [0.25, 0.3) is 0 Å². The van der Waals surface area contributed by atoms with Gasteiger partial charge in [-0.3, -0.25) is 0 Å². The maximum absolute atomic E-state index is 13.7. The molecule has 3 rings (SSSR count). The molecule has 2 aromatic carbocycles. The highest BCUT2D eigenvalue weighted by atomic mass is 35.5. The molecule has 1 aromatic heterocycles. The van der Waals surface area contributed by atoms with E-state index in [-0.39, 0.29) is 5.82 Å². The van der Waals surface area contributed by atoms with Gasteiger partial charge in [0.2, 0.25) is 0 Å². The average molecular weight is 289 g/mol. The van der Waals surface area contributed by atoms with E-state index in [4.69, 9.17) is 11.6 Å². The Labute approximate surface area is 121 Å². The van der Waals surface area contributed by atoms with Crippen LogP contribution in [0.25, 0.3) is 10.9 Å². The van der Waals surface area contributed by atoms with E-state index in [1.165, 1.54) is 11.5 Å². The zero-order valence-electron chi connectivity index (χ0n) is 11.0. The van der Waals surface area contributed by atoms with E-state index in [1.54, 1.807) is 12.1 Å². The highest BCUT2D eigenvalue weighted by Crippen LogP contribution is 2.23. The molecule has 1 N–H and O–H groups in total. The van der Waals surface area contributed by atoms with Gasteiger partial charge in [-0.1, -0.05) is 29.8 Å². The summed E-state index contributed by atoms with van der Waals surface area (Å²) in [6.07, 6.45) is 2.06. The Hall–Kier alpha value is -2.00. The van der Waals surface area contributed by atoms with Gasteiger partial charge >= 0.3 is 0 Å². The fourth-order valence-corrected chi connectivity index (χ4v) is 2.56. The Morgan fingerprint density at radius 3 is 2.85 bits per heavy atom. The van der Waals surface area contributed by atoms with Crippen LogP contribution in [0.5, 0.6) is 0 Å². The zero-order valence-corrected chi connectivity index (χ0v) is 11.8. The first kappa shape index (κ1) is 13.0. The molecule has 0 spiro atoms. The van der Waals surface area contributed by atoms with Gasteiger partial charge in [-0.25, -0.2) is 4.39 Å². The molecule has 0 unspecified atom stereocenters. The number of fused-ring (bicyclic) bond motifs is 1. The number of para-hydroxylation sites is 1. The summed E-state index contributed by atoms with van der Waals surface area (Å²) in [5, 5.41) is 4.79. The number of halogens is 2. The van der Waals surface area contributed by atoms with E-state index in [9.17, 15) is 4.39 Å². The summed E-state index contributed by atoms with van der Waals surface area (Å²) in [4.78, 5) is 0. The minimum absolute atomic E-state index is 0.297. The molecule has 0 aliphatic carbocycles. The van der Waals surface area contributed by atoms with Crippen LogP contribution in [-0.4, -0.2) is 4.57 Å². The summed E-state index contributed by atoms with van der Waals surface area (Å²) in [5.41, 5.74) is 2.71. The second-order valence-corrected chi connectivity index (χ2v) is 5.20. The van der Waals surface area contributed by atoms with E-state index >= 15 is 0 Å². The summed E-state index contributed by atoms with van der Waals surface area (Å²) in [6.45, 7) is 0.554. The van der Waals surface area contributed by atoms with Gasteiger partial charge in [0.05, 0.1) is 5.69 Å². The van der Waals surface area contributed by atoms with Crippen molar-refractivity contribution in [2.45, 2.75) is 6.54 Å². The molecule has 20 heavy (non-hydrogen) atoms. The number of hydrogen-bond donors (Lipinski definition) is 1. The number of aryl methyl sites for hydroxylation is 1. The normalized spacial score (nSPS) is 10.9. The molecule has 0 saturated heterocycles. The molecule has 0 radical (unpaired) electrons. The van der Waals surface area contributed by atoms with Crippen molar-refractivity contribution in [1.29, 1.82) is 0 Å². The Balaban J connectivity index is 1.89. The highest BCUT2D eigenvalue weighted by molar-refractivity contribution is 6.30. The molecule has 4 heteroatoms. The minimum Gasteiger partial charge on any atom is -0.378 e. The quantitative estimate of drug-likeness (QED) is 0.746. The molecule has 0 bridgehead atoms. The van der Waals surface area contributed by atoms with Gasteiger partial charge in [0.1, 0.15) is 5.82 Å². The van der Waals surface area contributed by atoms with Crippen molar-refractivity contribution >= 4 is 28.2 Å². The van der Waals surface area contributed by atoms with Crippen LogP contribution in [0.3, 0.4) is 0 Å². The largest absolute Gasteiger partial charge is 0.378 e. The maximum atomic E-state index is 13.7. The molecule has 0 saturated carbocycles. The van der Waals surface area contributed by atoms with E-state index in [1.807, 2.05) is 19.2 Å². The second-order valence-electron chi connectivity index (χ2n) is 4.76. The van der Waals surface area contributed by atoms with Crippen LogP contribution in [0, 0.1) is 5.82 Å². The van der Waals surface area contributed by atoms with Crippen LogP contribution in [0.1, 0.15) is 5.56 Å². The van der Waals surface area contributed by atoms with E-state index < -0.39 is 0 Å². The van der Waals surface area contributed by atoms with Crippen LogP contribution in [0.15, 0.2) is 48.7 Å². The summed E-state index contributed by atoms with van der Waals surface area (Å²) in [7, 11) is 2.01. The second kappa shape index (κ2) is 5.17. The van der Waals surface area contributed by atoms with Crippen molar-refractivity contribution in [2.24, 2.45) is 7.05 Å². The SMILES string of the molecule is Cn1cc(CNc2cc(Cl)ccc2F)c2ccccc21. The van der Waals surface area contributed by atoms with Crippen molar-refractivity contribution in [1.82, 2.24) is 4.57 Å². The molecule has 0 aliphatic rings. The lowest BCUT2D eigenvalue weighted by molar-refractivity contribution is 0.630. The molecular formula is C16H14ClFN2. The minimum atomic E-state index is -0.297. The van der Waals surface area contributed by atoms with Gasteiger partial charge in [0, 0.05) is 35.7 Å². The third-order valence-electron chi connectivity index (χ3n) is 3.38. The number of anilines is 1. The fourth-order valence-electron chi connectivity index (χ4n) is 2.39. The van der Waals surface area contributed by atoms with Gasteiger partial charge in [-0.05, 0) is 29.8 Å². The topological polar surface area (TPSA) is 17.0 Å². The first-order chi connectivity index (χ1) is 9.65. The number of nitrogens with one attached hydrogen (secondary N) is 1. The fraction of sp³-hybridized carbons (Fsp3) is 0.125. The Morgan fingerprint density at radius 1 is 1.20 bits per heavy atom. The van der Waals surface area contributed by atoms with Crippen LogP contribution in [0.2, 0.25) is 5.02 Å². The number of rotatable bonds is 3. The van der Waals surface area contributed by atoms with Gasteiger partial charge in [-0.15, -0.1) is 0 Å². The van der Waals surface area contributed by atoms with E-state index in [0.29, 0.717) is 17.3 Å². The summed E-state index contributed by atoms with van der Waals surface area (Å²) < 4.78 is 15.7. The lowest BCUT2D eigenvalue weighted by Gasteiger charge is -2.07. The van der Waals surface area contributed by atoms with Gasteiger partial charge in [-0.2, -0.15) is 0 Å². The monoisotopic (exact) mass is 288 g/mol.